The van der Waals surface area contributed by atoms with Gasteiger partial charge in [0.1, 0.15) is 5.69 Å². The molecule has 0 aliphatic heterocycles. The van der Waals surface area contributed by atoms with E-state index in [2.05, 4.69) is 15.9 Å². The first-order valence-electron chi connectivity index (χ1n) is 7.06. The highest BCUT2D eigenvalue weighted by molar-refractivity contribution is 9.10. The number of hydrogen-bond acceptors (Lipinski definition) is 4. The highest BCUT2D eigenvalue weighted by Gasteiger charge is 2.26. The maximum Gasteiger partial charge on any atom is 0.355 e. The normalized spacial score (nSPS) is 11.6. The van der Waals surface area contributed by atoms with E-state index in [1.54, 1.807) is 30.3 Å². The van der Waals surface area contributed by atoms with Gasteiger partial charge in [-0.05, 0) is 37.3 Å². The zero-order valence-corrected chi connectivity index (χ0v) is 15.4. The average molecular weight is 408 g/mol. The van der Waals surface area contributed by atoms with Crippen LogP contribution in [0.4, 0.5) is 0 Å². The molecule has 0 N–H and O–H groups in total. The fourth-order valence-electron chi connectivity index (χ4n) is 2.47. The molecule has 0 unspecified atom stereocenters. The molecule has 2 aromatic carbocycles. The van der Waals surface area contributed by atoms with E-state index >= 15 is 0 Å². The summed E-state index contributed by atoms with van der Waals surface area (Å²) < 4.78 is 32.7. The van der Waals surface area contributed by atoms with E-state index in [-0.39, 0.29) is 10.6 Å². The number of nitrogens with zero attached hydrogens (tertiary/aromatic N) is 1. The summed E-state index contributed by atoms with van der Waals surface area (Å²) in [5.74, 6) is -0.710. The van der Waals surface area contributed by atoms with Crippen molar-refractivity contribution < 1.29 is 17.9 Å². The summed E-state index contributed by atoms with van der Waals surface area (Å²) in [5, 5.41) is 0.634. The molecule has 0 bridgehead atoms. The molecule has 7 heteroatoms. The maximum absolute atomic E-state index is 13.1. The monoisotopic (exact) mass is 407 g/mol. The van der Waals surface area contributed by atoms with Crippen molar-refractivity contribution >= 4 is 42.8 Å². The highest BCUT2D eigenvalue weighted by Crippen LogP contribution is 2.28. The van der Waals surface area contributed by atoms with Crippen LogP contribution in [0, 0.1) is 6.92 Å². The maximum atomic E-state index is 13.1. The fourth-order valence-corrected chi connectivity index (χ4v) is 4.31. The van der Waals surface area contributed by atoms with Gasteiger partial charge < -0.3 is 4.74 Å². The molecule has 0 amide bonds. The Labute approximate surface area is 148 Å². The van der Waals surface area contributed by atoms with Gasteiger partial charge in [-0.15, -0.1) is 0 Å². The van der Waals surface area contributed by atoms with Crippen LogP contribution in [-0.4, -0.2) is 25.5 Å². The number of carbonyl (C=O) groups is 1. The fraction of sp³-hybridized carbons (Fsp3) is 0.118. The number of esters is 1. The Kier molecular flexibility index (Phi) is 4.23. The zero-order valence-electron chi connectivity index (χ0n) is 13.0. The van der Waals surface area contributed by atoms with E-state index in [4.69, 9.17) is 4.74 Å². The third kappa shape index (κ3) is 2.74. The summed E-state index contributed by atoms with van der Waals surface area (Å²) in [4.78, 5) is 12.2. The molecular formula is C17H14BrNO4S. The quantitative estimate of drug-likeness (QED) is 0.620. The largest absolute Gasteiger partial charge is 0.464 e. The Bertz CT molecular complexity index is 1040. The predicted octanol–water partition coefficient (Wildman–Crippen LogP) is 3.74. The molecule has 3 rings (SSSR count). The summed E-state index contributed by atoms with van der Waals surface area (Å²) in [5.41, 5.74) is 1.32. The van der Waals surface area contributed by atoms with Crippen LogP contribution >= 0.6 is 15.9 Å². The van der Waals surface area contributed by atoms with Crippen molar-refractivity contribution in [3.05, 3.63) is 64.3 Å². The van der Waals surface area contributed by atoms with Gasteiger partial charge in [0.2, 0.25) is 0 Å². The number of aryl methyl sites for hydroxylation is 1. The standard InChI is InChI=1S/C17H14BrNO4S/c1-11-3-7-14(8-4-11)24(21,22)19-15-10-13(18)6-5-12(15)9-16(19)17(20)23-2/h3-10H,1-2H3. The van der Waals surface area contributed by atoms with Gasteiger partial charge in [0, 0.05) is 9.86 Å². The van der Waals surface area contributed by atoms with Crippen LogP contribution < -0.4 is 0 Å². The lowest BCUT2D eigenvalue weighted by Crippen LogP contribution is -2.19. The van der Waals surface area contributed by atoms with Gasteiger partial charge in [-0.1, -0.05) is 39.7 Å². The van der Waals surface area contributed by atoms with Crippen molar-refractivity contribution in [2.45, 2.75) is 11.8 Å². The Morgan fingerprint density at radius 3 is 2.38 bits per heavy atom. The highest BCUT2D eigenvalue weighted by atomic mass is 79.9. The van der Waals surface area contributed by atoms with Gasteiger partial charge >= 0.3 is 5.97 Å². The lowest BCUT2D eigenvalue weighted by Gasteiger charge is -2.11. The summed E-state index contributed by atoms with van der Waals surface area (Å²) in [7, 11) is -2.73. The number of benzene rings is 2. The van der Waals surface area contributed by atoms with E-state index in [9.17, 15) is 13.2 Å². The first-order valence-corrected chi connectivity index (χ1v) is 9.29. The molecule has 0 saturated carbocycles. The number of ether oxygens (including phenoxy) is 1. The SMILES string of the molecule is COC(=O)c1cc2ccc(Br)cc2n1S(=O)(=O)c1ccc(C)cc1. The number of hydrogen-bond donors (Lipinski definition) is 0. The lowest BCUT2D eigenvalue weighted by atomic mass is 10.2. The molecule has 0 aliphatic carbocycles. The Hall–Kier alpha value is -2.12. The molecule has 5 nitrogen and oxygen atoms in total. The van der Waals surface area contributed by atoms with Gasteiger partial charge in [-0.25, -0.2) is 17.2 Å². The van der Waals surface area contributed by atoms with Crippen LogP contribution in [0.2, 0.25) is 0 Å². The van der Waals surface area contributed by atoms with Crippen LogP contribution in [0.3, 0.4) is 0 Å². The van der Waals surface area contributed by atoms with Gasteiger partial charge in [0.15, 0.2) is 0 Å². The van der Waals surface area contributed by atoms with Crippen molar-refractivity contribution in [3.63, 3.8) is 0 Å². The second-order valence-electron chi connectivity index (χ2n) is 5.31. The van der Waals surface area contributed by atoms with E-state index in [1.165, 1.54) is 25.3 Å². The molecule has 124 valence electrons. The first kappa shape index (κ1) is 16.7. The third-order valence-corrected chi connectivity index (χ3v) is 5.91. The number of halogens is 1. The number of carbonyl (C=O) groups excluding carboxylic acids is 1. The van der Waals surface area contributed by atoms with E-state index in [0.29, 0.717) is 15.4 Å². The molecule has 1 aromatic heterocycles. The molecule has 0 saturated heterocycles. The molecule has 0 radical (unpaired) electrons. The Morgan fingerprint density at radius 2 is 1.75 bits per heavy atom. The van der Waals surface area contributed by atoms with Gasteiger partial charge in [-0.3, -0.25) is 0 Å². The summed E-state index contributed by atoms with van der Waals surface area (Å²) in [6.45, 7) is 1.87. The molecule has 1 heterocycles. The topological polar surface area (TPSA) is 65.4 Å². The molecule has 24 heavy (non-hydrogen) atoms. The lowest BCUT2D eigenvalue weighted by molar-refractivity contribution is 0.0593. The van der Waals surface area contributed by atoms with Crippen LogP contribution in [0.5, 0.6) is 0 Å². The molecule has 0 fully saturated rings. The van der Waals surface area contributed by atoms with Crippen molar-refractivity contribution in [2.24, 2.45) is 0 Å². The van der Waals surface area contributed by atoms with Crippen LogP contribution in [-0.2, 0) is 14.8 Å². The molecule has 0 aliphatic rings. The number of aromatic nitrogens is 1. The number of rotatable bonds is 3. The predicted molar refractivity (Wildman–Crippen MR) is 94.7 cm³/mol. The number of methoxy groups -OCH3 is 1. The zero-order chi connectivity index (χ0) is 17.5. The summed E-state index contributed by atoms with van der Waals surface area (Å²) in [6.07, 6.45) is 0. The second kappa shape index (κ2) is 6.07. The van der Waals surface area contributed by atoms with Gasteiger partial charge in [-0.2, -0.15) is 0 Å². The van der Waals surface area contributed by atoms with Crippen LogP contribution in [0.1, 0.15) is 16.1 Å². The molecule has 0 atom stereocenters. The minimum absolute atomic E-state index is 0.0359. The molecule has 3 aromatic rings. The minimum atomic E-state index is -3.95. The van der Waals surface area contributed by atoms with Crippen molar-refractivity contribution in [1.82, 2.24) is 3.97 Å². The molecule has 0 spiro atoms. The average Bonchev–Trinajstić information content (AvgIpc) is 2.93. The van der Waals surface area contributed by atoms with Gasteiger partial charge in [0.25, 0.3) is 10.0 Å². The number of fused-ring (bicyclic) bond motifs is 1. The van der Waals surface area contributed by atoms with Gasteiger partial charge in [0.05, 0.1) is 17.5 Å². The Morgan fingerprint density at radius 1 is 1.08 bits per heavy atom. The second-order valence-corrected chi connectivity index (χ2v) is 8.01. The molecular weight excluding hydrogens is 394 g/mol. The van der Waals surface area contributed by atoms with Crippen molar-refractivity contribution in [3.8, 4) is 0 Å². The first-order chi connectivity index (χ1) is 11.3. The van der Waals surface area contributed by atoms with Crippen molar-refractivity contribution in [1.29, 1.82) is 0 Å². The third-order valence-electron chi connectivity index (χ3n) is 3.68. The van der Waals surface area contributed by atoms with E-state index in [0.717, 1.165) is 9.54 Å². The summed E-state index contributed by atoms with van der Waals surface area (Å²) in [6, 6.07) is 13.2. The Balaban J connectivity index is 2.36. The summed E-state index contributed by atoms with van der Waals surface area (Å²) >= 11 is 3.34. The minimum Gasteiger partial charge on any atom is -0.464 e. The van der Waals surface area contributed by atoms with Crippen LogP contribution in [0.25, 0.3) is 10.9 Å². The smallest absolute Gasteiger partial charge is 0.355 e. The van der Waals surface area contributed by atoms with Crippen LogP contribution in [0.15, 0.2) is 57.9 Å². The van der Waals surface area contributed by atoms with Crippen molar-refractivity contribution in [2.75, 3.05) is 7.11 Å². The van der Waals surface area contributed by atoms with E-state index < -0.39 is 16.0 Å². The van der Waals surface area contributed by atoms with E-state index in [1.807, 2.05) is 6.92 Å².